The van der Waals surface area contributed by atoms with Crippen LogP contribution < -0.4 is 0 Å². The van der Waals surface area contributed by atoms with Crippen LogP contribution in [-0.2, 0) is 0 Å². The number of aliphatic hydroxyl groups is 2. The van der Waals surface area contributed by atoms with Crippen molar-refractivity contribution in [1.82, 2.24) is 0 Å². The summed E-state index contributed by atoms with van der Waals surface area (Å²) < 4.78 is 0. The van der Waals surface area contributed by atoms with Crippen LogP contribution in [0.2, 0.25) is 0 Å². The molecule has 0 bridgehead atoms. The van der Waals surface area contributed by atoms with Crippen molar-refractivity contribution in [3.63, 3.8) is 0 Å². The second-order valence-electron chi connectivity index (χ2n) is 6.57. The van der Waals surface area contributed by atoms with Gasteiger partial charge < -0.3 is 10.2 Å². The van der Waals surface area contributed by atoms with E-state index in [0.717, 1.165) is 12.8 Å². The Kier molecular flexibility index (Phi) is 17.9. The van der Waals surface area contributed by atoms with Gasteiger partial charge in [0.1, 0.15) is 0 Å². The van der Waals surface area contributed by atoms with E-state index in [-0.39, 0.29) is 0 Å². The highest BCUT2D eigenvalue weighted by atomic mass is 16.3. The Balaban J connectivity index is 3.02. The Bertz CT molecular complexity index is 178. The highest BCUT2D eigenvalue weighted by Gasteiger charge is 2.03. The normalized spacial score (nSPS) is 12.7. The Labute approximate surface area is 133 Å². The lowest BCUT2D eigenvalue weighted by molar-refractivity contribution is 0.211. The summed E-state index contributed by atoms with van der Waals surface area (Å²) in [5.41, 5.74) is 0. The predicted octanol–water partition coefficient (Wildman–Crippen LogP) is 5.46. The molecule has 0 aliphatic rings. The molecule has 0 amide bonds. The van der Waals surface area contributed by atoms with Gasteiger partial charge >= 0.3 is 0 Å². The van der Waals surface area contributed by atoms with Gasteiger partial charge in [0.25, 0.3) is 0 Å². The van der Waals surface area contributed by atoms with Crippen molar-refractivity contribution in [2.75, 3.05) is 13.2 Å². The van der Waals surface area contributed by atoms with Crippen molar-refractivity contribution < 1.29 is 10.2 Å². The first-order chi connectivity index (χ1) is 10.3. The molecule has 21 heavy (non-hydrogen) atoms. The Hall–Kier alpha value is -0.0800. The third kappa shape index (κ3) is 16.1. The number of rotatable bonds is 17. The first-order valence-corrected chi connectivity index (χ1v) is 9.56. The average Bonchev–Trinajstić information content (AvgIpc) is 2.51. The van der Waals surface area contributed by atoms with E-state index >= 15 is 0 Å². The quantitative estimate of drug-likeness (QED) is 0.350. The maximum absolute atomic E-state index is 9.12. The van der Waals surface area contributed by atoms with E-state index in [0.29, 0.717) is 19.1 Å². The smallest absolute Gasteiger partial charge is 0.0459 e. The fourth-order valence-corrected chi connectivity index (χ4v) is 2.91. The zero-order valence-electron chi connectivity index (χ0n) is 14.5. The zero-order chi connectivity index (χ0) is 15.6. The van der Waals surface area contributed by atoms with Crippen molar-refractivity contribution in [2.24, 2.45) is 5.92 Å². The number of unbranched alkanes of at least 4 members (excludes halogenated alkanes) is 12. The molecule has 0 fully saturated rings. The Morgan fingerprint density at radius 3 is 1.29 bits per heavy atom. The van der Waals surface area contributed by atoms with Crippen LogP contribution in [0.25, 0.3) is 0 Å². The Morgan fingerprint density at radius 1 is 0.571 bits per heavy atom. The first kappa shape index (κ1) is 20.9. The van der Waals surface area contributed by atoms with E-state index < -0.39 is 0 Å². The molecule has 0 rings (SSSR count). The van der Waals surface area contributed by atoms with Gasteiger partial charge in [-0.1, -0.05) is 90.4 Å². The van der Waals surface area contributed by atoms with Crippen LogP contribution in [0.1, 0.15) is 103 Å². The molecule has 1 unspecified atom stereocenters. The summed E-state index contributed by atoms with van der Waals surface area (Å²) in [5.74, 6) is 0.544. The van der Waals surface area contributed by atoms with Gasteiger partial charge in [0.2, 0.25) is 0 Å². The highest BCUT2D eigenvalue weighted by Crippen LogP contribution is 2.15. The molecule has 0 aromatic heterocycles. The minimum absolute atomic E-state index is 0.360. The van der Waals surface area contributed by atoms with Crippen LogP contribution in [0.5, 0.6) is 0 Å². The maximum Gasteiger partial charge on any atom is 0.0459 e. The number of hydrogen-bond donors (Lipinski definition) is 2. The molecule has 2 heteroatoms. The van der Waals surface area contributed by atoms with Crippen LogP contribution in [0.4, 0.5) is 0 Å². The van der Waals surface area contributed by atoms with Crippen molar-refractivity contribution in [3.8, 4) is 0 Å². The fraction of sp³-hybridized carbons (Fsp3) is 1.00. The zero-order valence-corrected chi connectivity index (χ0v) is 14.5. The molecule has 0 aliphatic carbocycles. The van der Waals surface area contributed by atoms with E-state index in [1.54, 1.807) is 0 Å². The second-order valence-corrected chi connectivity index (χ2v) is 6.57. The minimum atomic E-state index is 0.360. The van der Waals surface area contributed by atoms with Crippen molar-refractivity contribution >= 4 is 0 Å². The third-order valence-electron chi connectivity index (χ3n) is 4.61. The summed E-state index contributed by atoms with van der Waals surface area (Å²) in [4.78, 5) is 0. The highest BCUT2D eigenvalue weighted by molar-refractivity contribution is 4.56. The minimum Gasteiger partial charge on any atom is -0.396 e. The molecule has 0 heterocycles. The van der Waals surface area contributed by atoms with Crippen molar-refractivity contribution in [1.29, 1.82) is 0 Å². The lowest BCUT2D eigenvalue weighted by Crippen LogP contribution is -2.03. The molecule has 0 spiro atoms. The largest absolute Gasteiger partial charge is 0.396 e. The standard InChI is InChI=1S/C19H40O2/c1-2-19(18-21)16-14-12-10-8-6-4-3-5-7-9-11-13-15-17-20/h19-21H,2-18H2,1H3. The topological polar surface area (TPSA) is 40.5 Å². The molecule has 0 aliphatic heterocycles. The van der Waals surface area contributed by atoms with Gasteiger partial charge in [0, 0.05) is 13.2 Å². The van der Waals surface area contributed by atoms with Crippen LogP contribution in [0, 0.1) is 5.92 Å². The number of aliphatic hydroxyl groups excluding tert-OH is 2. The average molecular weight is 301 g/mol. The van der Waals surface area contributed by atoms with Gasteiger partial charge in [-0.3, -0.25) is 0 Å². The fourth-order valence-electron chi connectivity index (χ4n) is 2.91. The van der Waals surface area contributed by atoms with E-state index in [1.807, 2.05) is 0 Å². The monoisotopic (exact) mass is 300 g/mol. The van der Waals surface area contributed by atoms with Crippen LogP contribution in [0.3, 0.4) is 0 Å². The van der Waals surface area contributed by atoms with E-state index in [4.69, 9.17) is 10.2 Å². The summed E-state index contributed by atoms with van der Waals surface area (Å²) in [7, 11) is 0. The van der Waals surface area contributed by atoms with E-state index in [2.05, 4.69) is 6.92 Å². The second kappa shape index (κ2) is 18.0. The molecule has 0 aromatic rings. The predicted molar refractivity (Wildman–Crippen MR) is 92.6 cm³/mol. The molecule has 1 atom stereocenters. The first-order valence-electron chi connectivity index (χ1n) is 9.56. The maximum atomic E-state index is 9.12. The van der Waals surface area contributed by atoms with Gasteiger partial charge in [-0.05, 0) is 18.8 Å². The Morgan fingerprint density at radius 2 is 0.952 bits per heavy atom. The van der Waals surface area contributed by atoms with Gasteiger partial charge in [0.05, 0.1) is 0 Å². The molecule has 128 valence electrons. The molecular formula is C19H40O2. The van der Waals surface area contributed by atoms with Crippen molar-refractivity contribution in [2.45, 2.75) is 103 Å². The van der Waals surface area contributed by atoms with Crippen LogP contribution in [-0.4, -0.2) is 23.4 Å². The van der Waals surface area contributed by atoms with Gasteiger partial charge in [0.15, 0.2) is 0 Å². The van der Waals surface area contributed by atoms with Crippen LogP contribution >= 0.6 is 0 Å². The molecule has 0 saturated heterocycles. The SMILES string of the molecule is CCC(CO)CCCCCCCCCCCCCCCO. The molecule has 2 N–H and O–H groups in total. The van der Waals surface area contributed by atoms with Gasteiger partial charge in [-0.25, -0.2) is 0 Å². The van der Waals surface area contributed by atoms with E-state index in [9.17, 15) is 0 Å². The van der Waals surface area contributed by atoms with E-state index in [1.165, 1.54) is 83.5 Å². The summed E-state index contributed by atoms with van der Waals surface area (Å²) >= 11 is 0. The number of hydrogen-bond acceptors (Lipinski definition) is 2. The van der Waals surface area contributed by atoms with Gasteiger partial charge in [-0.2, -0.15) is 0 Å². The lowest BCUT2D eigenvalue weighted by atomic mass is 9.98. The summed E-state index contributed by atoms with van der Waals surface area (Å²) in [6, 6.07) is 0. The summed E-state index contributed by atoms with van der Waals surface area (Å²) in [6.07, 6.45) is 19.6. The summed E-state index contributed by atoms with van der Waals surface area (Å²) in [5, 5.41) is 17.8. The molecular weight excluding hydrogens is 260 g/mol. The van der Waals surface area contributed by atoms with Crippen LogP contribution in [0.15, 0.2) is 0 Å². The molecule has 0 radical (unpaired) electrons. The summed E-state index contributed by atoms with van der Waals surface area (Å²) in [6.45, 7) is 2.91. The van der Waals surface area contributed by atoms with Crippen molar-refractivity contribution in [3.05, 3.63) is 0 Å². The molecule has 2 nitrogen and oxygen atoms in total. The molecule has 0 saturated carbocycles. The van der Waals surface area contributed by atoms with Gasteiger partial charge in [-0.15, -0.1) is 0 Å². The molecule has 0 aromatic carbocycles. The third-order valence-corrected chi connectivity index (χ3v) is 4.61. The lowest BCUT2D eigenvalue weighted by Gasteiger charge is -2.10.